The van der Waals surface area contributed by atoms with Crippen molar-refractivity contribution in [1.29, 1.82) is 0 Å². The van der Waals surface area contributed by atoms with Crippen LogP contribution < -0.4 is 0 Å². The van der Waals surface area contributed by atoms with Crippen LogP contribution in [-0.2, 0) is 5.41 Å². The Morgan fingerprint density at radius 2 is 1.29 bits per heavy atom. The van der Waals surface area contributed by atoms with Crippen LogP contribution in [0, 0.1) is 11.3 Å². The molecule has 3 rings (SSSR count). The molecule has 1 aliphatic carbocycles. The maximum Gasteiger partial charge on any atom is 0.115 e. The van der Waals surface area contributed by atoms with E-state index in [-0.39, 0.29) is 10.8 Å². The molecule has 2 aromatic rings. The van der Waals surface area contributed by atoms with E-state index in [1.165, 1.54) is 24.0 Å². The second-order valence-electron chi connectivity index (χ2n) is 8.20. The van der Waals surface area contributed by atoms with Gasteiger partial charge in [0.25, 0.3) is 0 Å². The summed E-state index contributed by atoms with van der Waals surface area (Å²) in [5, 5.41) is 19.4. The SMILES string of the molecule is CCC1CC(C)(C)CC(c2ccc(O)cc2)(c2ccc(O)cc2)C1. The van der Waals surface area contributed by atoms with Crippen molar-refractivity contribution >= 4 is 0 Å². The highest BCUT2D eigenvalue weighted by molar-refractivity contribution is 5.44. The van der Waals surface area contributed by atoms with Gasteiger partial charge in [-0.2, -0.15) is 0 Å². The lowest BCUT2D eigenvalue weighted by atomic mass is 9.55. The van der Waals surface area contributed by atoms with Crippen molar-refractivity contribution in [2.24, 2.45) is 11.3 Å². The molecular weight excluding hydrogens is 296 g/mol. The number of benzene rings is 2. The Bertz CT molecular complexity index is 637. The first kappa shape index (κ1) is 16.9. The molecular formula is C22H28O2. The quantitative estimate of drug-likeness (QED) is 0.769. The molecule has 2 nitrogen and oxygen atoms in total. The smallest absolute Gasteiger partial charge is 0.115 e. The van der Waals surface area contributed by atoms with Crippen molar-refractivity contribution < 1.29 is 10.2 Å². The first-order valence-corrected chi connectivity index (χ1v) is 8.94. The Kier molecular flexibility index (Phi) is 4.33. The average Bonchev–Trinajstić information content (AvgIpc) is 2.54. The Hall–Kier alpha value is -1.96. The van der Waals surface area contributed by atoms with Gasteiger partial charge in [0.05, 0.1) is 0 Å². The molecule has 128 valence electrons. The normalized spacial score (nSPS) is 22.2. The van der Waals surface area contributed by atoms with Crippen molar-refractivity contribution in [1.82, 2.24) is 0 Å². The van der Waals surface area contributed by atoms with E-state index in [4.69, 9.17) is 0 Å². The zero-order chi connectivity index (χ0) is 17.4. The molecule has 0 saturated heterocycles. The van der Waals surface area contributed by atoms with E-state index in [0.717, 1.165) is 12.8 Å². The highest BCUT2D eigenvalue weighted by Crippen LogP contribution is 2.54. The van der Waals surface area contributed by atoms with Crippen LogP contribution in [-0.4, -0.2) is 10.2 Å². The molecule has 0 spiro atoms. The summed E-state index contributed by atoms with van der Waals surface area (Å²) in [7, 11) is 0. The highest BCUT2D eigenvalue weighted by Gasteiger charge is 2.45. The third kappa shape index (κ3) is 3.15. The molecule has 0 bridgehead atoms. The minimum atomic E-state index is -0.0656. The topological polar surface area (TPSA) is 40.5 Å². The van der Waals surface area contributed by atoms with Gasteiger partial charge in [-0.05, 0) is 66.0 Å². The van der Waals surface area contributed by atoms with E-state index >= 15 is 0 Å². The first-order valence-electron chi connectivity index (χ1n) is 8.94. The fourth-order valence-corrected chi connectivity index (χ4v) is 4.76. The number of rotatable bonds is 3. The number of phenolic OH excluding ortho intramolecular Hbond substituents is 2. The summed E-state index contributed by atoms with van der Waals surface area (Å²) in [5.74, 6) is 1.29. The van der Waals surface area contributed by atoms with Gasteiger partial charge in [-0.25, -0.2) is 0 Å². The van der Waals surface area contributed by atoms with E-state index < -0.39 is 0 Å². The molecule has 1 atom stereocenters. The summed E-state index contributed by atoms with van der Waals surface area (Å²) in [5.41, 5.74) is 2.72. The molecule has 0 radical (unpaired) electrons. The summed E-state index contributed by atoms with van der Waals surface area (Å²) in [4.78, 5) is 0. The van der Waals surface area contributed by atoms with Crippen LogP contribution in [0.2, 0.25) is 0 Å². The van der Waals surface area contributed by atoms with Gasteiger partial charge >= 0.3 is 0 Å². The van der Waals surface area contributed by atoms with Crippen LogP contribution in [0.3, 0.4) is 0 Å². The molecule has 2 heteroatoms. The second kappa shape index (κ2) is 6.16. The molecule has 2 aromatic carbocycles. The van der Waals surface area contributed by atoms with E-state index in [9.17, 15) is 10.2 Å². The fourth-order valence-electron chi connectivity index (χ4n) is 4.76. The van der Waals surface area contributed by atoms with Crippen molar-refractivity contribution in [3.8, 4) is 11.5 Å². The van der Waals surface area contributed by atoms with Crippen LogP contribution in [0.4, 0.5) is 0 Å². The monoisotopic (exact) mass is 324 g/mol. The average molecular weight is 324 g/mol. The van der Waals surface area contributed by atoms with Crippen LogP contribution in [0.15, 0.2) is 48.5 Å². The third-order valence-electron chi connectivity index (χ3n) is 5.68. The number of hydrogen-bond acceptors (Lipinski definition) is 2. The minimum absolute atomic E-state index is 0.0656. The van der Waals surface area contributed by atoms with Gasteiger partial charge in [0.15, 0.2) is 0 Å². The molecule has 1 unspecified atom stereocenters. The van der Waals surface area contributed by atoms with Gasteiger partial charge < -0.3 is 10.2 Å². The van der Waals surface area contributed by atoms with Crippen molar-refractivity contribution in [2.45, 2.75) is 51.9 Å². The van der Waals surface area contributed by atoms with E-state index in [2.05, 4.69) is 45.0 Å². The lowest BCUT2D eigenvalue weighted by Crippen LogP contribution is -2.41. The van der Waals surface area contributed by atoms with Gasteiger partial charge in [0, 0.05) is 5.41 Å². The zero-order valence-corrected chi connectivity index (χ0v) is 14.9. The Morgan fingerprint density at radius 3 is 1.71 bits per heavy atom. The Balaban J connectivity index is 2.16. The Morgan fingerprint density at radius 1 is 0.833 bits per heavy atom. The van der Waals surface area contributed by atoms with E-state index in [0.29, 0.717) is 17.4 Å². The summed E-state index contributed by atoms with van der Waals surface area (Å²) in [6.07, 6.45) is 4.62. The molecule has 1 saturated carbocycles. The van der Waals surface area contributed by atoms with E-state index in [1.807, 2.05) is 0 Å². The maximum absolute atomic E-state index is 9.71. The van der Waals surface area contributed by atoms with E-state index in [1.54, 1.807) is 24.3 Å². The molecule has 0 heterocycles. The fraction of sp³-hybridized carbons (Fsp3) is 0.455. The summed E-state index contributed by atoms with van der Waals surface area (Å²) in [6.45, 7) is 7.01. The molecule has 1 aliphatic rings. The predicted octanol–water partition coefficient (Wildman–Crippen LogP) is 5.62. The Labute approximate surface area is 145 Å². The highest BCUT2D eigenvalue weighted by atomic mass is 16.3. The lowest BCUT2D eigenvalue weighted by molar-refractivity contribution is 0.115. The standard InChI is InChI=1S/C22H28O2/c1-4-16-13-21(2,3)15-22(14-16,17-5-9-19(23)10-6-17)18-7-11-20(24)12-8-18/h5-12,16,23-24H,4,13-15H2,1-3H3. The third-order valence-corrected chi connectivity index (χ3v) is 5.68. The minimum Gasteiger partial charge on any atom is -0.508 e. The summed E-state index contributed by atoms with van der Waals surface area (Å²) >= 11 is 0. The van der Waals surface area contributed by atoms with Crippen LogP contribution in [0.1, 0.15) is 57.6 Å². The van der Waals surface area contributed by atoms with Gasteiger partial charge in [0.1, 0.15) is 11.5 Å². The largest absolute Gasteiger partial charge is 0.508 e. The summed E-state index contributed by atoms with van der Waals surface area (Å²) in [6, 6.07) is 15.4. The predicted molar refractivity (Wildman–Crippen MR) is 98.4 cm³/mol. The first-order chi connectivity index (χ1) is 11.3. The van der Waals surface area contributed by atoms with Gasteiger partial charge in [-0.1, -0.05) is 51.5 Å². The number of hydrogen-bond donors (Lipinski definition) is 2. The molecule has 0 amide bonds. The lowest BCUT2D eigenvalue weighted by Gasteiger charge is -2.49. The van der Waals surface area contributed by atoms with Crippen molar-refractivity contribution in [3.05, 3.63) is 59.7 Å². The second-order valence-corrected chi connectivity index (χ2v) is 8.20. The molecule has 1 fully saturated rings. The van der Waals surface area contributed by atoms with Crippen LogP contribution in [0.25, 0.3) is 0 Å². The van der Waals surface area contributed by atoms with Crippen molar-refractivity contribution in [3.63, 3.8) is 0 Å². The summed E-state index contributed by atoms with van der Waals surface area (Å²) < 4.78 is 0. The number of phenols is 2. The molecule has 0 aromatic heterocycles. The maximum atomic E-state index is 9.71. The molecule has 2 N–H and O–H groups in total. The van der Waals surface area contributed by atoms with Gasteiger partial charge in [-0.3, -0.25) is 0 Å². The van der Waals surface area contributed by atoms with Crippen LogP contribution in [0.5, 0.6) is 11.5 Å². The molecule has 0 aliphatic heterocycles. The zero-order valence-electron chi connectivity index (χ0n) is 14.9. The van der Waals surface area contributed by atoms with Gasteiger partial charge in [0.2, 0.25) is 0 Å². The van der Waals surface area contributed by atoms with Crippen LogP contribution >= 0.6 is 0 Å². The number of aromatic hydroxyl groups is 2. The molecule has 24 heavy (non-hydrogen) atoms. The van der Waals surface area contributed by atoms with Crippen molar-refractivity contribution in [2.75, 3.05) is 0 Å². The van der Waals surface area contributed by atoms with Gasteiger partial charge in [-0.15, -0.1) is 0 Å².